The van der Waals surface area contributed by atoms with Gasteiger partial charge in [0.15, 0.2) is 0 Å². The number of esters is 1. The van der Waals surface area contributed by atoms with Crippen LogP contribution in [0.5, 0.6) is 0 Å². The number of rotatable bonds is 4. The number of hydrogen-bond acceptors (Lipinski definition) is 2. The van der Waals surface area contributed by atoms with Crippen LogP contribution in [0.3, 0.4) is 0 Å². The van der Waals surface area contributed by atoms with Gasteiger partial charge in [0.2, 0.25) is 0 Å². The molecule has 1 atom stereocenters. The van der Waals surface area contributed by atoms with Crippen molar-refractivity contribution in [2.24, 2.45) is 14.1 Å². The van der Waals surface area contributed by atoms with Crippen LogP contribution in [0.15, 0.2) is 42.7 Å². The van der Waals surface area contributed by atoms with Crippen LogP contribution < -0.4 is 10.3 Å². The van der Waals surface area contributed by atoms with Crippen LogP contribution >= 0.6 is 0 Å². The van der Waals surface area contributed by atoms with Crippen molar-refractivity contribution in [2.45, 2.75) is 5.82 Å². The van der Waals surface area contributed by atoms with Crippen molar-refractivity contribution in [3.05, 3.63) is 48.3 Å². The molecule has 2 radical (unpaired) electrons. The normalized spacial score (nSPS) is 12.2. The van der Waals surface area contributed by atoms with E-state index in [1.807, 2.05) is 73.2 Å². The van der Waals surface area contributed by atoms with Crippen LogP contribution in [0.1, 0.15) is 11.4 Å². The van der Waals surface area contributed by atoms with E-state index in [2.05, 4.69) is 0 Å². The number of nitrogens with zero attached hydrogens (tertiary/aromatic N) is 2. The maximum absolute atomic E-state index is 12.0. The van der Waals surface area contributed by atoms with E-state index in [0.717, 1.165) is 11.3 Å². The molecule has 0 saturated carbocycles. The van der Waals surface area contributed by atoms with Crippen molar-refractivity contribution in [1.29, 1.82) is 0 Å². The fourth-order valence-corrected chi connectivity index (χ4v) is 2.07. The molecular weight excluding hydrogens is 239 g/mol. The minimum Gasteiger partial charge on any atom is -0.471 e. The minimum atomic E-state index is -0.397. The third-order valence-electron chi connectivity index (χ3n) is 3.17. The molecule has 0 fully saturated rings. The van der Waals surface area contributed by atoms with Gasteiger partial charge in [-0.2, -0.15) is 7.28 Å². The average molecular weight is 256 g/mol. The van der Waals surface area contributed by atoms with Crippen LogP contribution in [-0.2, 0) is 23.6 Å². The SMILES string of the molecule is COC(=O)C([B-]c1n(C)cc[n+]1C)c1ccccc1. The zero-order valence-electron chi connectivity index (χ0n) is 11.4. The van der Waals surface area contributed by atoms with Crippen LogP contribution in [-0.4, -0.2) is 24.9 Å². The molecule has 19 heavy (non-hydrogen) atoms. The summed E-state index contributed by atoms with van der Waals surface area (Å²) in [6.45, 7) is 0. The summed E-state index contributed by atoms with van der Waals surface area (Å²) < 4.78 is 8.85. The number of imidazole rings is 1. The summed E-state index contributed by atoms with van der Waals surface area (Å²) in [4.78, 5) is 12.0. The molecule has 0 spiro atoms. The molecule has 1 aromatic heterocycles. The highest BCUT2D eigenvalue weighted by Crippen LogP contribution is 2.15. The topological polar surface area (TPSA) is 35.1 Å². The number of ether oxygens (including phenoxy) is 1. The Morgan fingerprint density at radius 3 is 2.58 bits per heavy atom. The highest BCUT2D eigenvalue weighted by molar-refractivity contribution is 6.56. The zero-order valence-corrected chi connectivity index (χ0v) is 11.4. The lowest BCUT2D eigenvalue weighted by atomic mass is 9.60. The van der Waals surface area contributed by atoms with Crippen molar-refractivity contribution >= 4 is 19.0 Å². The van der Waals surface area contributed by atoms with E-state index < -0.39 is 5.82 Å². The molecule has 98 valence electrons. The highest BCUT2D eigenvalue weighted by Gasteiger charge is 2.14. The Bertz CT molecular complexity index is 547. The third-order valence-corrected chi connectivity index (χ3v) is 3.17. The quantitative estimate of drug-likeness (QED) is 0.441. The molecule has 0 aliphatic rings. The minimum absolute atomic E-state index is 0.257. The molecule has 2 rings (SSSR count). The standard InChI is InChI=1S/C14H17BN2O2/c1-16-9-10-17(2)14(16)15-12(13(18)19-3)11-7-5-4-6-8-11/h4-10,12H,1-3H3. The van der Waals surface area contributed by atoms with Gasteiger partial charge in [-0.05, 0) is 0 Å². The van der Waals surface area contributed by atoms with Crippen molar-refractivity contribution in [3.8, 4) is 0 Å². The average Bonchev–Trinajstić information content (AvgIpc) is 2.76. The molecule has 5 heteroatoms. The summed E-state index contributed by atoms with van der Waals surface area (Å²) in [7, 11) is 7.23. The summed E-state index contributed by atoms with van der Waals surface area (Å²) in [6.07, 6.45) is 3.90. The Morgan fingerprint density at radius 1 is 1.37 bits per heavy atom. The second kappa shape index (κ2) is 5.74. The van der Waals surface area contributed by atoms with Gasteiger partial charge in [0.25, 0.3) is 5.97 Å². The lowest BCUT2D eigenvalue weighted by Gasteiger charge is -2.24. The van der Waals surface area contributed by atoms with Gasteiger partial charge >= 0.3 is 0 Å². The third kappa shape index (κ3) is 2.87. The molecule has 0 aliphatic carbocycles. The van der Waals surface area contributed by atoms with Crippen molar-refractivity contribution < 1.29 is 14.1 Å². The largest absolute Gasteiger partial charge is 0.471 e. The van der Waals surface area contributed by atoms with Crippen LogP contribution in [0.25, 0.3) is 0 Å². The lowest BCUT2D eigenvalue weighted by molar-refractivity contribution is -0.653. The van der Waals surface area contributed by atoms with E-state index in [1.54, 1.807) is 0 Å². The smallest absolute Gasteiger partial charge is 0.272 e. The van der Waals surface area contributed by atoms with Gasteiger partial charge < -0.3 is 4.74 Å². The Labute approximate surface area is 113 Å². The molecule has 2 aromatic rings. The molecular formula is C14H17BN2O2. The van der Waals surface area contributed by atoms with E-state index in [-0.39, 0.29) is 5.97 Å². The van der Waals surface area contributed by atoms with Crippen LogP contribution in [0, 0.1) is 0 Å². The van der Waals surface area contributed by atoms with Crippen molar-refractivity contribution in [3.63, 3.8) is 0 Å². The van der Waals surface area contributed by atoms with Crippen molar-refractivity contribution in [2.75, 3.05) is 7.11 Å². The van der Waals surface area contributed by atoms with Gasteiger partial charge in [-0.1, -0.05) is 41.7 Å². The fourth-order valence-electron chi connectivity index (χ4n) is 2.07. The van der Waals surface area contributed by atoms with Gasteiger partial charge in [0, 0.05) is 5.72 Å². The molecule has 1 unspecified atom stereocenters. The highest BCUT2D eigenvalue weighted by atomic mass is 16.5. The Morgan fingerprint density at radius 2 is 2.05 bits per heavy atom. The summed E-state index contributed by atoms with van der Waals surface area (Å²) in [5, 5.41) is 0. The van der Waals surface area contributed by atoms with Gasteiger partial charge in [-0.25, -0.2) is 0 Å². The maximum Gasteiger partial charge on any atom is 0.272 e. The van der Waals surface area contributed by atoms with Crippen LogP contribution in [0.4, 0.5) is 0 Å². The lowest BCUT2D eigenvalue weighted by Crippen LogP contribution is -2.52. The molecule has 0 N–H and O–H groups in total. The number of hydrogen-bond donors (Lipinski definition) is 0. The van der Waals surface area contributed by atoms with E-state index in [0.29, 0.717) is 0 Å². The van der Waals surface area contributed by atoms with Gasteiger partial charge in [0.1, 0.15) is 12.4 Å². The predicted octanol–water partition coefficient (Wildman–Crippen LogP) is 0.0934. The fraction of sp³-hybridized carbons (Fsp3) is 0.286. The van der Waals surface area contributed by atoms with Gasteiger partial charge in [-0.15, -0.1) is 0 Å². The molecule has 1 heterocycles. The molecule has 0 bridgehead atoms. The Kier molecular flexibility index (Phi) is 4.05. The number of carbonyl (C=O) groups is 1. The van der Waals surface area contributed by atoms with Gasteiger partial charge in [0.05, 0.1) is 21.2 Å². The van der Waals surface area contributed by atoms with E-state index >= 15 is 0 Å². The molecule has 0 aliphatic heterocycles. The summed E-state index contributed by atoms with van der Waals surface area (Å²) in [5.41, 5.74) is 1.88. The first-order valence-electron chi connectivity index (χ1n) is 6.12. The first kappa shape index (κ1) is 13.4. The molecule has 1 aromatic carbocycles. The Balaban J connectivity index is 2.32. The van der Waals surface area contributed by atoms with E-state index in [9.17, 15) is 4.79 Å². The second-order valence-electron chi connectivity index (χ2n) is 4.46. The number of aromatic nitrogens is 2. The summed E-state index contributed by atoms with van der Waals surface area (Å²) in [6, 6.07) is 9.64. The first-order valence-corrected chi connectivity index (χ1v) is 6.12. The predicted molar refractivity (Wildman–Crippen MR) is 73.2 cm³/mol. The van der Waals surface area contributed by atoms with E-state index in [1.165, 1.54) is 7.11 Å². The maximum atomic E-state index is 12.0. The Hall–Kier alpha value is -2.04. The summed E-state index contributed by atoms with van der Waals surface area (Å²) >= 11 is 0. The van der Waals surface area contributed by atoms with Crippen molar-refractivity contribution in [1.82, 2.24) is 4.57 Å². The number of carbonyl (C=O) groups excluding carboxylic acids is 1. The molecule has 0 saturated heterocycles. The molecule has 0 amide bonds. The first-order chi connectivity index (χ1) is 9.13. The number of methoxy groups -OCH3 is 1. The number of benzene rings is 1. The monoisotopic (exact) mass is 256 g/mol. The zero-order chi connectivity index (χ0) is 13.8. The number of aryl methyl sites for hydroxylation is 2. The summed E-state index contributed by atoms with van der Waals surface area (Å²) in [5.74, 6) is -0.654. The molecule has 4 nitrogen and oxygen atoms in total. The second-order valence-corrected chi connectivity index (χ2v) is 4.46. The van der Waals surface area contributed by atoms with Crippen LogP contribution in [0.2, 0.25) is 0 Å². The van der Waals surface area contributed by atoms with Gasteiger partial charge in [-0.3, -0.25) is 13.9 Å². The van der Waals surface area contributed by atoms with E-state index in [4.69, 9.17) is 4.74 Å².